The van der Waals surface area contributed by atoms with Crippen molar-refractivity contribution >= 4 is 17.6 Å². The van der Waals surface area contributed by atoms with Crippen molar-refractivity contribution in [2.45, 2.75) is 12.8 Å². The van der Waals surface area contributed by atoms with E-state index < -0.39 is 24.1 Å². The second kappa shape index (κ2) is 7.32. The van der Waals surface area contributed by atoms with Crippen LogP contribution >= 0.6 is 0 Å². The normalized spacial score (nSPS) is 9.06. The molecule has 7 heteroatoms. The van der Waals surface area contributed by atoms with Crippen molar-refractivity contribution in [3.8, 4) is 0 Å². The number of pyridine rings is 1. The number of hydrogen-bond donors (Lipinski definition) is 1. The molecular formula is C9H8FN2NaO3. The Bertz CT molecular complexity index is 387. The number of carboxylic acids is 1. The van der Waals surface area contributed by atoms with Gasteiger partial charge >= 0.3 is 29.6 Å². The molecule has 80 valence electrons. The van der Waals surface area contributed by atoms with Crippen LogP contribution in [-0.4, -0.2) is 16.9 Å². The van der Waals surface area contributed by atoms with Crippen LogP contribution in [0, 0.1) is 5.82 Å². The fourth-order valence-corrected chi connectivity index (χ4v) is 0.905. The predicted octanol–water partition coefficient (Wildman–Crippen LogP) is -3.31. The van der Waals surface area contributed by atoms with E-state index in [9.17, 15) is 19.1 Å². The molecule has 0 atom stereocenters. The summed E-state index contributed by atoms with van der Waals surface area (Å²) in [5, 5.41) is 12.3. The molecular weight excluding hydrogens is 226 g/mol. The number of rotatable bonds is 4. The second-order valence-electron chi connectivity index (χ2n) is 2.78. The maximum atomic E-state index is 12.9. The van der Waals surface area contributed by atoms with Crippen LogP contribution in [0.5, 0.6) is 0 Å². The molecule has 0 spiro atoms. The summed E-state index contributed by atoms with van der Waals surface area (Å²) in [4.78, 5) is 24.6. The summed E-state index contributed by atoms with van der Waals surface area (Å²) in [5.41, 5.74) is -0.0200. The molecule has 0 aliphatic carbocycles. The minimum atomic E-state index is -1.32. The predicted molar refractivity (Wildman–Crippen MR) is 47.1 cm³/mol. The smallest absolute Gasteiger partial charge is 0.550 e. The zero-order valence-electron chi connectivity index (χ0n) is 8.70. The largest absolute Gasteiger partial charge is 1.00 e. The molecule has 1 aromatic heterocycles. The van der Waals surface area contributed by atoms with E-state index in [1.165, 1.54) is 12.3 Å². The molecule has 0 aromatic carbocycles. The molecule has 0 fully saturated rings. The fraction of sp³-hybridized carbons (Fsp3) is 0.222. The summed E-state index contributed by atoms with van der Waals surface area (Å²) in [6, 6.07) is 1.28. The summed E-state index contributed by atoms with van der Waals surface area (Å²) in [6.07, 6.45) is 1.63. The van der Waals surface area contributed by atoms with Crippen molar-refractivity contribution in [2.24, 2.45) is 0 Å². The van der Waals surface area contributed by atoms with E-state index in [1.807, 2.05) is 0 Å². The molecule has 1 N–H and O–H groups in total. The van der Waals surface area contributed by atoms with Crippen molar-refractivity contribution in [1.82, 2.24) is 4.98 Å². The number of carboxylic acid groups (broad SMARTS) is 1. The monoisotopic (exact) mass is 234 g/mol. The molecule has 1 heterocycles. The number of halogens is 1. The first-order valence-electron chi connectivity index (χ1n) is 4.19. The van der Waals surface area contributed by atoms with Gasteiger partial charge in [0.05, 0.1) is 11.9 Å². The number of aliphatic carboxylic acids is 1. The van der Waals surface area contributed by atoms with Crippen LogP contribution in [0.15, 0.2) is 18.5 Å². The van der Waals surface area contributed by atoms with Gasteiger partial charge in [-0.1, -0.05) is 0 Å². The van der Waals surface area contributed by atoms with Gasteiger partial charge in [0.25, 0.3) is 0 Å². The van der Waals surface area contributed by atoms with Gasteiger partial charge in [-0.25, -0.2) is 4.39 Å². The second-order valence-corrected chi connectivity index (χ2v) is 2.78. The van der Waals surface area contributed by atoms with Crippen LogP contribution in [0.3, 0.4) is 0 Å². The minimum absolute atomic E-state index is 0. The van der Waals surface area contributed by atoms with Crippen LogP contribution in [0.4, 0.5) is 10.1 Å². The van der Waals surface area contributed by atoms with E-state index in [0.29, 0.717) is 0 Å². The van der Waals surface area contributed by atoms with Crippen molar-refractivity contribution in [2.75, 3.05) is 5.32 Å². The van der Waals surface area contributed by atoms with Gasteiger partial charge in [0.1, 0.15) is 0 Å². The Labute approximate surface area is 113 Å². The third-order valence-electron chi connectivity index (χ3n) is 1.60. The van der Waals surface area contributed by atoms with E-state index in [0.717, 1.165) is 6.20 Å². The van der Waals surface area contributed by atoms with E-state index in [2.05, 4.69) is 10.3 Å². The standard InChI is InChI=1S/C9H9FN2O3.Na/c10-6-5-11-4-3-7(6)12-8(13)1-2-9(14)15;/h3-5H,1-2H2,(H,14,15)(H,11,12,13);/q;+1/p-1. The number of nitrogens with one attached hydrogen (secondary N) is 1. The molecule has 0 unspecified atom stereocenters. The summed E-state index contributed by atoms with van der Waals surface area (Å²) in [7, 11) is 0. The number of nitrogens with zero attached hydrogens (tertiary/aromatic N) is 1. The summed E-state index contributed by atoms with van der Waals surface area (Å²) >= 11 is 0. The van der Waals surface area contributed by atoms with Crippen LogP contribution in [0.2, 0.25) is 0 Å². The molecule has 1 amide bonds. The quantitative estimate of drug-likeness (QED) is 0.553. The molecule has 0 bridgehead atoms. The number of anilines is 1. The van der Waals surface area contributed by atoms with Crippen LogP contribution in [-0.2, 0) is 9.59 Å². The maximum absolute atomic E-state index is 12.9. The number of hydrogen-bond acceptors (Lipinski definition) is 4. The molecule has 0 aliphatic heterocycles. The summed E-state index contributed by atoms with van der Waals surface area (Å²) in [5.74, 6) is -2.57. The van der Waals surface area contributed by atoms with Gasteiger partial charge in [-0.15, -0.1) is 0 Å². The Balaban J connectivity index is 0.00000225. The average molecular weight is 234 g/mol. The summed E-state index contributed by atoms with van der Waals surface area (Å²) in [6.45, 7) is 0. The van der Waals surface area contributed by atoms with E-state index >= 15 is 0 Å². The topological polar surface area (TPSA) is 82.1 Å². The first-order valence-corrected chi connectivity index (χ1v) is 4.19. The third-order valence-corrected chi connectivity index (χ3v) is 1.60. The van der Waals surface area contributed by atoms with E-state index in [-0.39, 0.29) is 41.7 Å². The Morgan fingerprint density at radius 1 is 1.44 bits per heavy atom. The zero-order valence-corrected chi connectivity index (χ0v) is 10.7. The Morgan fingerprint density at radius 2 is 2.12 bits per heavy atom. The Kier molecular flexibility index (Phi) is 6.87. The van der Waals surface area contributed by atoms with Gasteiger partial charge in [0.2, 0.25) is 5.91 Å². The molecule has 5 nitrogen and oxygen atoms in total. The zero-order chi connectivity index (χ0) is 11.3. The maximum Gasteiger partial charge on any atom is 1.00 e. The van der Waals surface area contributed by atoms with Gasteiger partial charge in [-0.3, -0.25) is 9.78 Å². The Hall–Kier alpha value is -0.980. The molecule has 1 rings (SSSR count). The molecule has 0 saturated carbocycles. The first kappa shape index (κ1) is 15.0. The van der Waals surface area contributed by atoms with E-state index in [1.54, 1.807) is 0 Å². The fourth-order valence-electron chi connectivity index (χ4n) is 0.905. The van der Waals surface area contributed by atoms with Gasteiger partial charge in [-0.2, -0.15) is 0 Å². The molecule has 0 aliphatic rings. The van der Waals surface area contributed by atoms with Crippen molar-refractivity contribution in [1.29, 1.82) is 0 Å². The van der Waals surface area contributed by atoms with Crippen LogP contribution < -0.4 is 40.0 Å². The van der Waals surface area contributed by atoms with Crippen molar-refractivity contribution < 1.29 is 48.6 Å². The average Bonchev–Trinajstić information content (AvgIpc) is 2.18. The van der Waals surface area contributed by atoms with Crippen molar-refractivity contribution in [3.63, 3.8) is 0 Å². The van der Waals surface area contributed by atoms with Crippen molar-refractivity contribution in [3.05, 3.63) is 24.3 Å². The van der Waals surface area contributed by atoms with Gasteiger partial charge in [-0.05, 0) is 12.5 Å². The molecule has 0 saturated heterocycles. The minimum Gasteiger partial charge on any atom is -0.550 e. The molecule has 16 heavy (non-hydrogen) atoms. The van der Waals surface area contributed by atoms with Gasteiger partial charge in [0, 0.05) is 18.6 Å². The van der Waals surface area contributed by atoms with Crippen LogP contribution in [0.1, 0.15) is 12.8 Å². The number of amides is 1. The Morgan fingerprint density at radius 3 is 2.69 bits per heavy atom. The van der Waals surface area contributed by atoms with E-state index in [4.69, 9.17) is 0 Å². The van der Waals surface area contributed by atoms with Gasteiger partial charge in [0.15, 0.2) is 5.82 Å². The number of carbonyl (C=O) groups excluding carboxylic acids is 2. The number of aromatic nitrogens is 1. The summed E-state index contributed by atoms with van der Waals surface area (Å²) < 4.78 is 12.9. The SMILES string of the molecule is O=C([O-])CCC(=O)Nc1ccncc1F.[Na+]. The first-order chi connectivity index (χ1) is 7.09. The van der Waals surface area contributed by atoms with Gasteiger partial charge < -0.3 is 15.2 Å². The van der Waals surface area contributed by atoms with Crippen LogP contribution in [0.25, 0.3) is 0 Å². The number of carbonyl (C=O) groups is 2. The molecule has 0 radical (unpaired) electrons. The third kappa shape index (κ3) is 5.20. The molecule has 1 aromatic rings.